The molecule has 3 heteroatoms. The highest BCUT2D eigenvalue weighted by Gasteiger charge is 2.01. The first-order chi connectivity index (χ1) is 4.74. The summed E-state index contributed by atoms with van der Waals surface area (Å²) < 4.78 is 0.604. The summed E-state index contributed by atoms with van der Waals surface area (Å²) in [6, 6.07) is 4.37. The van der Waals surface area contributed by atoms with Crippen molar-refractivity contribution in [2.45, 2.75) is 13.5 Å². The number of rotatable bonds is 1. The minimum Gasteiger partial charge on any atom is -0.618 e. The van der Waals surface area contributed by atoms with Crippen LogP contribution in [-0.2, 0) is 6.61 Å². The largest absolute Gasteiger partial charge is 0.618 e. The molecule has 53 valence electrons. The van der Waals surface area contributed by atoms with Crippen LogP contribution in [0, 0.1) is 18.2 Å². The van der Waals surface area contributed by atoms with Crippen molar-refractivity contribution in [1.82, 2.24) is 0 Å². The van der Waals surface area contributed by atoms with Gasteiger partial charge in [-0.3, -0.25) is 0 Å². The summed E-state index contributed by atoms with van der Waals surface area (Å²) in [6.07, 6.45) is 1.36. The van der Waals surface area contributed by atoms with Gasteiger partial charge in [-0.1, -0.05) is 0 Å². The van der Waals surface area contributed by atoms with Crippen LogP contribution in [0.25, 0.3) is 0 Å². The Morgan fingerprint density at radius 1 is 1.80 bits per heavy atom. The van der Waals surface area contributed by atoms with Gasteiger partial charge in [0.15, 0.2) is 6.20 Å². The van der Waals surface area contributed by atoms with Crippen molar-refractivity contribution in [2.75, 3.05) is 0 Å². The first-order valence-corrected chi connectivity index (χ1v) is 2.96. The Labute approximate surface area is 59.1 Å². The predicted molar refractivity (Wildman–Crippen MR) is 34.9 cm³/mol. The van der Waals surface area contributed by atoms with Gasteiger partial charge in [-0.05, 0) is 12.5 Å². The number of aromatic nitrogens is 1. The van der Waals surface area contributed by atoms with Gasteiger partial charge in [0.05, 0.1) is 6.07 Å². The molecule has 0 atom stereocenters. The second kappa shape index (κ2) is 2.66. The smallest absolute Gasteiger partial charge is 0.226 e. The maximum absolute atomic E-state index is 10.7. The first kappa shape index (κ1) is 7.02. The second-order valence-corrected chi connectivity index (χ2v) is 2.05. The normalized spacial score (nSPS) is 9.80. The molecule has 0 amide bonds. The molecule has 1 N–H and O–H groups in total. The molecule has 0 unspecified atom stereocenters. The molecule has 0 aliphatic rings. The topological polar surface area (TPSA) is 47.2 Å². The molecular formula is C7H8NO2. The third-order valence-electron chi connectivity index (χ3n) is 1.22. The molecule has 0 saturated carbocycles. The first-order valence-electron chi connectivity index (χ1n) is 2.96. The fourth-order valence-corrected chi connectivity index (χ4v) is 0.703. The fraction of sp³-hybridized carbons (Fsp3) is 0.286. The SMILES string of the molecule is Cc1[c]c(CO)[n+]([O-])cc1. The summed E-state index contributed by atoms with van der Waals surface area (Å²) in [4.78, 5) is 0. The minimum absolute atomic E-state index is 0.259. The standard InChI is InChI=1S/C7H8NO2/c1-6-2-3-8(10)7(4-6)5-9/h2-3,9H,5H2,1H3. The van der Waals surface area contributed by atoms with E-state index in [1.165, 1.54) is 6.20 Å². The lowest BCUT2D eigenvalue weighted by atomic mass is 10.2. The molecule has 0 spiro atoms. The molecule has 0 saturated heterocycles. The van der Waals surface area contributed by atoms with Crippen LogP contribution in [0.15, 0.2) is 12.3 Å². The van der Waals surface area contributed by atoms with Crippen LogP contribution in [0.3, 0.4) is 0 Å². The van der Waals surface area contributed by atoms with E-state index in [9.17, 15) is 5.21 Å². The lowest BCUT2D eigenvalue weighted by Crippen LogP contribution is -2.31. The summed E-state index contributed by atoms with van der Waals surface area (Å²) in [6.45, 7) is 1.56. The molecule has 3 nitrogen and oxygen atoms in total. The lowest BCUT2D eigenvalue weighted by Gasteiger charge is -2.00. The third-order valence-corrected chi connectivity index (χ3v) is 1.22. The molecule has 0 bridgehead atoms. The van der Waals surface area contributed by atoms with Gasteiger partial charge in [-0.25, -0.2) is 0 Å². The van der Waals surface area contributed by atoms with Gasteiger partial charge in [0.1, 0.15) is 6.61 Å². The van der Waals surface area contributed by atoms with E-state index in [1.807, 2.05) is 6.92 Å². The summed E-state index contributed by atoms with van der Waals surface area (Å²) in [7, 11) is 0. The molecule has 0 fully saturated rings. The van der Waals surface area contributed by atoms with Gasteiger partial charge in [-0.2, -0.15) is 4.73 Å². The Hall–Kier alpha value is -1.09. The van der Waals surface area contributed by atoms with E-state index in [4.69, 9.17) is 5.11 Å². The van der Waals surface area contributed by atoms with Gasteiger partial charge >= 0.3 is 0 Å². The van der Waals surface area contributed by atoms with Crippen molar-refractivity contribution in [1.29, 1.82) is 0 Å². The average Bonchev–Trinajstić information content (AvgIpc) is 1.94. The van der Waals surface area contributed by atoms with Gasteiger partial charge in [-0.15, -0.1) is 0 Å². The summed E-state index contributed by atoms with van der Waals surface area (Å²) in [5, 5.41) is 19.3. The maximum atomic E-state index is 10.7. The van der Waals surface area contributed by atoms with E-state index in [-0.39, 0.29) is 12.3 Å². The van der Waals surface area contributed by atoms with Gasteiger partial charge in [0.25, 0.3) is 0 Å². The molecule has 0 aromatic carbocycles. The molecule has 1 aromatic heterocycles. The maximum Gasteiger partial charge on any atom is 0.226 e. The Kier molecular flexibility index (Phi) is 1.87. The van der Waals surface area contributed by atoms with Crippen LogP contribution in [0.1, 0.15) is 11.3 Å². The minimum atomic E-state index is -0.259. The van der Waals surface area contributed by atoms with E-state index in [2.05, 4.69) is 6.07 Å². The monoisotopic (exact) mass is 138 g/mol. The lowest BCUT2D eigenvalue weighted by molar-refractivity contribution is -0.616. The van der Waals surface area contributed by atoms with Crippen molar-refractivity contribution in [3.05, 3.63) is 34.8 Å². The molecule has 1 radical (unpaired) electrons. The second-order valence-electron chi connectivity index (χ2n) is 2.05. The average molecular weight is 138 g/mol. The Morgan fingerprint density at radius 3 is 3.00 bits per heavy atom. The molecule has 0 aliphatic carbocycles. The highest BCUT2D eigenvalue weighted by Crippen LogP contribution is 1.95. The fourth-order valence-electron chi connectivity index (χ4n) is 0.703. The van der Waals surface area contributed by atoms with Gasteiger partial charge in [0.2, 0.25) is 5.69 Å². The Bertz CT molecular complexity index is 235. The molecular weight excluding hydrogens is 130 g/mol. The number of aryl methyl sites for hydroxylation is 1. The zero-order valence-electron chi connectivity index (χ0n) is 5.66. The molecule has 1 rings (SSSR count). The predicted octanol–water partition coefficient (Wildman–Crippen LogP) is -0.0791. The highest BCUT2D eigenvalue weighted by molar-refractivity contribution is 5.07. The van der Waals surface area contributed by atoms with Crippen LogP contribution in [-0.4, -0.2) is 5.11 Å². The molecule has 10 heavy (non-hydrogen) atoms. The zero-order valence-corrected chi connectivity index (χ0v) is 5.66. The van der Waals surface area contributed by atoms with Crippen molar-refractivity contribution in [3.8, 4) is 0 Å². The van der Waals surface area contributed by atoms with E-state index in [1.54, 1.807) is 6.07 Å². The van der Waals surface area contributed by atoms with E-state index in [0.29, 0.717) is 4.73 Å². The summed E-state index contributed by atoms with van der Waals surface area (Å²) in [5.74, 6) is 0. The van der Waals surface area contributed by atoms with E-state index < -0.39 is 0 Å². The number of pyridine rings is 1. The quantitative estimate of drug-likeness (QED) is 0.436. The summed E-state index contributed by atoms with van der Waals surface area (Å²) in [5.41, 5.74) is 1.12. The van der Waals surface area contributed by atoms with Crippen LogP contribution < -0.4 is 4.73 Å². The van der Waals surface area contributed by atoms with Crippen LogP contribution >= 0.6 is 0 Å². The van der Waals surface area contributed by atoms with Crippen LogP contribution in [0.2, 0.25) is 0 Å². The Balaban J connectivity index is 3.09. The molecule has 0 aliphatic heterocycles. The van der Waals surface area contributed by atoms with Crippen molar-refractivity contribution < 1.29 is 9.84 Å². The number of aliphatic hydroxyl groups is 1. The van der Waals surface area contributed by atoms with Crippen LogP contribution in [0.5, 0.6) is 0 Å². The van der Waals surface area contributed by atoms with E-state index >= 15 is 0 Å². The van der Waals surface area contributed by atoms with Crippen molar-refractivity contribution >= 4 is 0 Å². The van der Waals surface area contributed by atoms with Crippen LogP contribution in [0.4, 0.5) is 0 Å². The Morgan fingerprint density at radius 2 is 2.50 bits per heavy atom. The van der Waals surface area contributed by atoms with Crippen molar-refractivity contribution in [3.63, 3.8) is 0 Å². The van der Waals surface area contributed by atoms with Crippen molar-refractivity contribution in [2.24, 2.45) is 0 Å². The molecule has 1 aromatic rings. The number of hydrogen-bond donors (Lipinski definition) is 1. The summed E-state index contributed by atoms with van der Waals surface area (Å²) >= 11 is 0. The molecule has 1 heterocycles. The number of aliphatic hydroxyl groups excluding tert-OH is 1. The third kappa shape index (κ3) is 1.25. The highest BCUT2D eigenvalue weighted by atomic mass is 16.5. The van der Waals surface area contributed by atoms with E-state index in [0.717, 1.165) is 5.56 Å². The number of hydrogen-bond acceptors (Lipinski definition) is 2. The van der Waals surface area contributed by atoms with Gasteiger partial charge < -0.3 is 10.3 Å². The number of nitrogens with zero attached hydrogens (tertiary/aromatic N) is 1. The zero-order chi connectivity index (χ0) is 7.56. The van der Waals surface area contributed by atoms with Gasteiger partial charge in [0, 0.05) is 6.07 Å².